The fourth-order valence-electron chi connectivity index (χ4n) is 4.44. The minimum absolute atomic E-state index is 0.0125. The van der Waals surface area contributed by atoms with Crippen molar-refractivity contribution in [3.63, 3.8) is 0 Å². The standard InChI is InChI=1S/C29H33N3O3/c30-18-24(14-13-21-9-6-10-26(15-21)35-20-22-7-2-1-3-8-22)32-25(17-29(33)34)16-23-19-31-28-12-5-4-11-27(23)28/h1-12,15,19,24-25,31-32H,13-14,16-18,20,30H2,(H,33,34)/t24?,25-/m1/s1. The van der Waals surface area contributed by atoms with Crippen LogP contribution in [0.3, 0.4) is 0 Å². The van der Waals surface area contributed by atoms with E-state index in [0.29, 0.717) is 19.6 Å². The van der Waals surface area contributed by atoms with Crippen molar-refractivity contribution in [2.24, 2.45) is 5.73 Å². The number of nitrogens with one attached hydrogen (secondary N) is 2. The van der Waals surface area contributed by atoms with E-state index in [-0.39, 0.29) is 18.5 Å². The van der Waals surface area contributed by atoms with Crippen LogP contribution in [0.15, 0.2) is 85.1 Å². The number of carboxylic acids is 1. The summed E-state index contributed by atoms with van der Waals surface area (Å²) in [6.45, 7) is 0.968. The van der Waals surface area contributed by atoms with Crippen molar-refractivity contribution in [1.29, 1.82) is 0 Å². The Morgan fingerprint density at radius 1 is 0.971 bits per heavy atom. The van der Waals surface area contributed by atoms with E-state index in [9.17, 15) is 9.90 Å². The van der Waals surface area contributed by atoms with Crippen molar-refractivity contribution in [3.05, 3.63) is 102 Å². The zero-order chi connectivity index (χ0) is 24.5. The van der Waals surface area contributed by atoms with E-state index in [4.69, 9.17) is 10.5 Å². The number of rotatable bonds is 13. The molecule has 0 saturated heterocycles. The molecule has 4 rings (SSSR count). The number of aliphatic carboxylic acids is 1. The van der Waals surface area contributed by atoms with Crippen LogP contribution in [0.2, 0.25) is 0 Å². The van der Waals surface area contributed by atoms with E-state index >= 15 is 0 Å². The zero-order valence-corrected chi connectivity index (χ0v) is 19.8. The highest BCUT2D eigenvalue weighted by molar-refractivity contribution is 5.83. The van der Waals surface area contributed by atoms with E-state index in [1.54, 1.807) is 0 Å². The van der Waals surface area contributed by atoms with Crippen molar-refractivity contribution in [3.8, 4) is 5.75 Å². The van der Waals surface area contributed by atoms with Crippen LogP contribution in [0.25, 0.3) is 10.9 Å². The number of ether oxygens (including phenoxy) is 1. The summed E-state index contributed by atoms with van der Waals surface area (Å²) < 4.78 is 5.96. The topological polar surface area (TPSA) is 100 Å². The molecule has 6 nitrogen and oxygen atoms in total. The molecule has 5 N–H and O–H groups in total. The molecule has 182 valence electrons. The molecule has 0 aliphatic carbocycles. The quantitative estimate of drug-likeness (QED) is 0.227. The van der Waals surface area contributed by atoms with Gasteiger partial charge in [0.25, 0.3) is 0 Å². The predicted molar refractivity (Wildman–Crippen MR) is 140 cm³/mol. The Balaban J connectivity index is 1.35. The maximum absolute atomic E-state index is 11.6. The highest BCUT2D eigenvalue weighted by Gasteiger charge is 2.19. The first-order valence-corrected chi connectivity index (χ1v) is 12.1. The van der Waals surface area contributed by atoms with E-state index in [0.717, 1.165) is 40.6 Å². The third-order valence-corrected chi connectivity index (χ3v) is 6.25. The Bertz CT molecular complexity index is 1220. The van der Waals surface area contributed by atoms with Gasteiger partial charge in [-0.3, -0.25) is 4.79 Å². The molecule has 0 radical (unpaired) electrons. The molecule has 1 heterocycles. The Kier molecular flexibility index (Phi) is 8.54. The lowest BCUT2D eigenvalue weighted by Crippen LogP contribution is -2.45. The first-order chi connectivity index (χ1) is 17.1. The summed E-state index contributed by atoms with van der Waals surface area (Å²) in [7, 11) is 0. The third-order valence-electron chi connectivity index (χ3n) is 6.25. The van der Waals surface area contributed by atoms with Gasteiger partial charge in [-0.2, -0.15) is 0 Å². The molecular formula is C29H33N3O3. The number of nitrogens with two attached hydrogens (primary N) is 1. The highest BCUT2D eigenvalue weighted by atomic mass is 16.5. The second-order valence-corrected chi connectivity index (χ2v) is 8.92. The molecule has 3 aromatic carbocycles. The van der Waals surface area contributed by atoms with Gasteiger partial charge < -0.3 is 25.9 Å². The van der Waals surface area contributed by atoms with Gasteiger partial charge in [-0.15, -0.1) is 0 Å². The molecular weight excluding hydrogens is 438 g/mol. The number of aromatic amines is 1. The smallest absolute Gasteiger partial charge is 0.304 e. The number of hydrogen-bond donors (Lipinski definition) is 4. The molecule has 0 amide bonds. The molecule has 1 unspecified atom stereocenters. The van der Waals surface area contributed by atoms with Gasteiger partial charge in [-0.05, 0) is 54.2 Å². The Labute approximate surface area is 206 Å². The molecule has 0 spiro atoms. The summed E-state index contributed by atoms with van der Waals surface area (Å²) in [5, 5.41) is 14.1. The molecule has 35 heavy (non-hydrogen) atoms. The second kappa shape index (κ2) is 12.2. The van der Waals surface area contributed by atoms with Crippen LogP contribution >= 0.6 is 0 Å². The van der Waals surface area contributed by atoms with Crippen LogP contribution in [0, 0.1) is 0 Å². The van der Waals surface area contributed by atoms with Crippen molar-refractivity contribution >= 4 is 16.9 Å². The lowest BCUT2D eigenvalue weighted by molar-refractivity contribution is -0.137. The molecule has 1 aromatic heterocycles. The van der Waals surface area contributed by atoms with Gasteiger partial charge in [0.15, 0.2) is 0 Å². The van der Waals surface area contributed by atoms with Gasteiger partial charge in [-0.25, -0.2) is 0 Å². The second-order valence-electron chi connectivity index (χ2n) is 8.92. The summed E-state index contributed by atoms with van der Waals surface area (Å²) in [5.41, 5.74) is 10.5. The molecule has 0 fully saturated rings. The van der Waals surface area contributed by atoms with Crippen LogP contribution in [0.4, 0.5) is 0 Å². The van der Waals surface area contributed by atoms with Gasteiger partial charge in [-0.1, -0.05) is 60.7 Å². The van der Waals surface area contributed by atoms with Gasteiger partial charge in [0.05, 0.1) is 6.42 Å². The van der Waals surface area contributed by atoms with E-state index in [2.05, 4.69) is 28.5 Å². The average Bonchev–Trinajstić information content (AvgIpc) is 3.28. The normalized spacial score (nSPS) is 12.9. The number of hydrogen-bond acceptors (Lipinski definition) is 4. The minimum Gasteiger partial charge on any atom is -0.489 e. The predicted octanol–water partition coefficient (Wildman–Crippen LogP) is 4.68. The monoisotopic (exact) mass is 471 g/mol. The summed E-state index contributed by atoms with van der Waals surface area (Å²) in [4.78, 5) is 14.8. The van der Waals surface area contributed by atoms with Gasteiger partial charge in [0, 0.05) is 35.7 Å². The maximum Gasteiger partial charge on any atom is 0.304 e. The Morgan fingerprint density at radius 3 is 2.54 bits per heavy atom. The van der Waals surface area contributed by atoms with Crippen LogP contribution < -0.4 is 15.8 Å². The van der Waals surface area contributed by atoms with E-state index < -0.39 is 5.97 Å². The summed E-state index contributed by atoms with van der Waals surface area (Å²) in [6, 6.07) is 26.1. The number of H-pyrrole nitrogens is 1. The van der Waals surface area contributed by atoms with Crippen molar-refractivity contribution < 1.29 is 14.6 Å². The highest BCUT2D eigenvalue weighted by Crippen LogP contribution is 2.21. The van der Waals surface area contributed by atoms with Crippen LogP contribution in [-0.4, -0.2) is 34.7 Å². The lowest BCUT2D eigenvalue weighted by Gasteiger charge is -2.24. The number of aromatic nitrogens is 1. The molecule has 2 atom stereocenters. The Hall–Kier alpha value is -3.61. The largest absolute Gasteiger partial charge is 0.489 e. The molecule has 0 aliphatic heterocycles. The average molecular weight is 472 g/mol. The van der Waals surface area contributed by atoms with Crippen molar-refractivity contribution in [2.75, 3.05) is 6.54 Å². The molecule has 0 bridgehead atoms. The Morgan fingerprint density at radius 2 is 1.74 bits per heavy atom. The number of carboxylic acid groups (broad SMARTS) is 1. The fraction of sp³-hybridized carbons (Fsp3) is 0.276. The molecule has 4 aromatic rings. The summed E-state index contributed by atoms with van der Waals surface area (Å²) >= 11 is 0. The van der Waals surface area contributed by atoms with Crippen molar-refractivity contribution in [1.82, 2.24) is 10.3 Å². The maximum atomic E-state index is 11.6. The molecule has 0 saturated carbocycles. The van der Waals surface area contributed by atoms with Crippen molar-refractivity contribution in [2.45, 2.75) is 44.4 Å². The number of aryl methyl sites for hydroxylation is 1. The van der Waals surface area contributed by atoms with Crippen LogP contribution in [0.1, 0.15) is 29.5 Å². The first-order valence-electron chi connectivity index (χ1n) is 12.1. The number of para-hydroxylation sites is 1. The number of benzene rings is 3. The third kappa shape index (κ3) is 7.18. The van der Waals surface area contributed by atoms with Gasteiger partial charge >= 0.3 is 5.97 Å². The zero-order valence-electron chi connectivity index (χ0n) is 19.8. The summed E-state index contributed by atoms with van der Waals surface area (Å²) in [5.74, 6) is 0.0214. The van der Waals surface area contributed by atoms with E-state index in [1.807, 2.05) is 66.9 Å². The number of carbonyl (C=O) groups is 1. The molecule has 0 aliphatic rings. The fourth-order valence-corrected chi connectivity index (χ4v) is 4.44. The minimum atomic E-state index is -0.818. The summed E-state index contributed by atoms with van der Waals surface area (Å²) in [6.07, 6.45) is 4.26. The first kappa shape index (κ1) is 24.5. The number of fused-ring (bicyclic) bond motifs is 1. The van der Waals surface area contributed by atoms with Gasteiger partial charge in [0.1, 0.15) is 12.4 Å². The lowest BCUT2D eigenvalue weighted by atomic mass is 9.99. The van der Waals surface area contributed by atoms with Crippen LogP contribution in [0.5, 0.6) is 5.75 Å². The van der Waals surface area contributed by atoms with Crippen LogP contribution in [-0.2, 0) is 24.2 Å². The van der Waals surface area contributed by atoms with Gasteiger partial charge in [0.2, 0.25) is 0 Å². The SMILES string of the molecule is NCC(CCc1cccc(OCc2ccccc2)c1)N[C@@H](CC(=O)O)Cc1c[nH]c2ccccc12. The molecule has 6 heteroatoms. The van der Waals surface area contributed by atoms with E-state index in [1.165, 1.54) is 5.56 Å².